The highest BCUT2D eigenvalue weighted by molar-refractivity contribution is 5.78. The largest absolute Gasteiger partial charge is 0.481 e. The van der Waals surface area contributed by atoms with Crippen molar-refractivity contribution in [1.29, 1.82) is 0 Å². The first-order valence-electron chi connectivity index (χ1n) is 7.39. The van der Waals surface area contributed by atoms with Crippen LogP contribution in [0.1, 0.15) is 36.2 Å². The highest BCUT2D eigenvalue weighted by atomic mass is 16.4. The van der Waals surface area contributed by atoms with Crippen LogP contribution in [-0.2, 0) is 23.1 Å². The van der Waals surface area contributed by atoms with Crippen LogP contribution in [0.4, 0.5) is 0 Å². The third kappa shape index (κ3) is 3.43. The summed E-state index contributed by atoms with van der Waals surface area (Å²) in [5.74, 6) is -1.17. The highest BCUT2D eigenvalue weighted by Gasteiger charge is 2.28. The molecule has 21 heavy (non-hydrogen) atoms. The van der Waals surface area contributed by atoms with Gasteiger partial charge in [-0.1, -0.05) is 0 Å². The quantitative estimate of drug-likeness (QED) is 0.907. The second-order valence-electron chi connectivity index (χ2n) is 5.79. The van der Waals surface area contributed by atoms with Crippen LogP contribution in [0.15, 0.2) is 0 Å². The Labute approximate surface area is 124 Å². The van der Waals surface area contributed by atoms with Crippen LogP contribution >= 0.6 is 0 Å². The molecule has 6 heteroatoms. The van der Waals surface area contributed by atoms with E-state index in [9.17, 15) is 9.59 Å². The number of carboxylic acid groups (broad SMARTS) is 1. The molecule has 0 spiro atoms. The van der Waals surface area contributed by atoms with Crippen molar-refractivity contribution >= 4 is 11.9 Å². The van der Waals surface area contributed by atoms with Crippen molar-refractivity contribution < 1.29 is 14.7 Å². The van der Waals surface area contributed by atoms with Gasteiger partial charge in [-0.25, -0.2) is 0 Å². The molecule has 1 aromatic rings. The van der Waals surface area contributed by atoms with Gasteiger partial charge in [-0.2, -0.15) is 5.10 Å². The van der Waals surface area contributed by atoms with Gasteiger partial charge in [0.25, 0.3) is 0 Å². The van der Waals surface area contributed by atoms with Crippen LogP contribution in [-0.4, -0.2) is 44.8 Å². The van der Waals surface area contributed by atoms with Crippen LogP contribution in [0, 0.1) is 19.8 Å². The summed E-state index contributed by atoms with van der Waals surface area (Å²) in [6, 6.07) is 0. The van der Waals surface area contributed by atoms with Gasteiger partial charge in [0.1, 0.15) is 0 Å². The van der Waals surface area contributed by atoms with Crippen molar-refractivity contribution in [3.63, 3.8) is 0 Å². The SMILES string of the molecule is Cc1nn(C)c(C)c1CCC(=O)N1CCC[C@@H](C(=O)O)C1. The molecule has 1 aromatic heterocycles. The fourth-order valence-electron chi connectivity index (χ4n) is 2.97. The van der Waals surface area contributed by atoms with E-state index in [2.05, 4.69) is 5.10 Å². The predicted molar refractivity (Wildman–Crippen MR) is 77.9 cm³/mol. The minimum absolute atomic E-state index is 0.0450. The minimum Gasteiger partial charge on any atom is -0.481 e. The molecule has 2 heterocycles. The fraction of sp³-hybridized carbons (Fsp3) is 0.667. The lowest BCUT2D eigenvalue weighted by Crippen LogP contribution is -2.42. The number of likely N-dealkylation sites (tertiary alicyclic amines) is 1. The maximum atomic E-state index is 12.3. The molecular formula is C15H23N3O3. The normalized spacial score (nSPS) is 18.8. The zero-order valence-electron chi connectivity index (χ0n) is 12.9. The number of carboxylic acids is 1. The molecule has 1 saturated heterocycles. The van der Waals surface area contributed by atoms with Gasteiger partial charge in [0.2, 0.25) is 5.91 Å². The molecule has 0 aliphatic carbocycles. The van der Waals surface area contributed by atoms with Gasteiger partial charge >= 0.3 is 5.97 Å². The predicted octanol–water partition coefficient (Wildman–Crippen LogP) is 1.29. The van der Waals surface area contributed by atoms with Gasteiger partial charge in [-0.3, -0.25) is 14.3 Å². The van der Waals surface area contributed by atoms with Gasteiger partial charge in [0.15, 0.2) is 0 Å². The summed E-state index contributed by atoms with van der Waals surface area (Å²) < 4.78 is 1.83. The number of hydrogen-bond acceptors (Lipinski definition) is 3. The highest BCUT2D eigenvalue weighted by Crippen LogP contribution is 2.19. The molecule has 0 saturated carbocycles. The Hall–Kier alpha value is -1.85. The summed E-state index contributed by atoms with van der Waals surface area (Å²) in [4.78, 5) is 25.0. The van der Waals surface area contributed by atoms with E-state index in [4.69, 9.17) is 5.11 Å². The number of carbonyl (C=O) groups is 2. The van der Waals surface area contributed by atoms with E-state index in [0.717, 1.165) is 23.4 Å². The Morgan fingerprint density at radius 1 is 1.38 bits per heavy atom. The van der Waals surface area contributed by atoms with Crippen LogP contribution < -0.4 is 0 Å². The Bertz CT molecular complexity index is 551. The van der Waals surface area contributed by atoms with Crippen LogP contribution in [0.25, 0.3) is 0 Å². The molecule has 6 nitrogen and oxygen atoms in total. The second-order valence-corrected chi connectivity index (χ2v) is 5.79. The molecule has 1 N–H and O–H groups in total. The number of piperidine rings is 1. The third-order valence-corrected chi connectivity index (χ3v) is 4.37. The van der Waals surface area contributed by atoms with Crippen molar-refractivity contribution in [2.75, 3.05) is 13.1 Å². The fourth-order valence-corrected chi connectivity index (χ4v) is 2.97. The maximum absolute atomic E-state index is 12.3. The number of rotatable bonds is 4. The average molecular weight is 293 g/mol. The van der Waals surface area contributed by atoms with Crippen molar-refractivity contribution in [2.24, 2.45) is 13.0 Å². The Morgan fingerprint density at radius 2 is 2.10 bits per heavy atom. The summed E-state index contributed by atoms with van der Waals surface area (Å²) in [6.07, 6.45) is 2.52. The van der Waals surface area contributed by atoms with Gasteiger partial charge < -0.3 is 10.0 Å². The first kappa shape index (κ1) is 15.5. The van der Waals surface area contributed by atoms with Crippen LogP contribution in [0.5, 0.6) is 0 Å². The molecule has 116 valence electrons. The molecule has 2 rings (SSSR count). The van der Waals surface area contributed by atoms with E-state index in [1.807, 2.05) is 25.6 Å². The monoisotopic (exact) mass is 293 g/mol. The Balaban J connectivity index is 1.94. The van der Waals surface area contributed by atoms with Crippen molar-refractivity contribution in [3.05, 3.63) is 17.0 Å². The second kappa shape index (κ2) is 6.28. The van der Waals surface area contributed by atoms with E-state index < -0.39 is 11.9 Å². The molecular weight excluding hydrogens is 270 g/mol. The number of aromatic nitrogens is 2. The lowest BCUT2D eigenvalue weighted by atomic mass is 9.97. The van der Waals surface area contributed by atoms with Crippen LogP contribution in [0.3, 0.4) is 0 Å². The van der Waals surface area contributed by atoms with Crippen molar-refractivity contribution in [2.45, 2.75) is 39.5 Å². The minimum atomic E-state index is -0.800. The summed E-state index contributed by atoms with van der Waals surface area (Å²) in [6.45, 7) is 4.97. The molecule has 0 unspecified atom stereocenters. The lowest BCUT2D eigenvalue weighted by molar-refractivity contribution is -0.145. The van der Waals surface area contributed by atoms with Crippen LogP contribution in [0.2, 0.25) is 0 Å². The van der Waals surface area contributed by atoms with Gasteiger partial charge in [-0.15, -0.1) is 0 Å². The maximum Gasteiger partial charge on any atom is 0.308 e. The summed E-state index contributed by atoms with van der Waals surface area (Å²) in [7, 11) is 1.90. The average Bonchev–Trinajstić information content (AvgIpc) is 2.70. The molecule has 1 atom stereocenters. The van der Waals surface area contributed by atoms with Gasteiger partial charge in [0, 0.05) is 32.3 Å². The molecule has 1 aliphatic heterocycles. The summed E-state index contributed by atoms with van der Waals surface area (Å²) >= 11 is 0. The first-order valence-corrected chi connectivity index (χ1v) is 7.39. The molecule has 1 aliphatic rings. The first-order chi connectivity index (χ1) is 9.90. The standard InChI is InChI=1S/C15H23N3O3/c1-10-13(11(2)17(3)16-10)6-7-14(19)18-8-4-5-12(9-18)15(20)21/h12H,4-9H2,1-3H3,(H,20,21)/t12-/m1/s1. The number of aryl methyl sites for hydroxylation is 2. The van der Waals surface area contributed by atoms with Crippen molar-refractivity contribution in [3.8, 4) is 0 Å². The van der Waals surface area contributed by atoms with E-state index in [-0.39, 0.29) is 5.91 Å². The molecule has 0 aromatic carbocycles. The zero-order chi connectivity index (χ0) is 15.6. The van der Waals surface area contributed by atoms with E-state index in [1.54, 1.807) is 4.90 Å². The topological polar surface area (TPSA) is 75.4 Å². The zero-order valence-corrected chi connectivity index (χ0v) is 12.9. The molecule has 0 radical (unpaired) electrons. The van der Waals surface area contributed by atoms with Gasteiger partial charge in [0.05, 0.1) is 11.6 Å². The molecule has 0 bridgehead atoms. The van der Waals surface area contributed by atoms with Crippen molar-refractivity contribution in [1.82, 2.24) is 14.7 Å². The number of carbonyl (C=O) groups excluding carboxylic acids is 1. The summed E-state index contributed by atoms with van der Waals surface area (Å²) in [5.41, 5.74) is 3.17. The summed E-state index contributed by atoms with van der Waals surface area (Å²) in [5, 5.41) is 13.4. The molecule has 1 fully saturated rings. The van der Waals surface area contributed by atoms with E-state index in [0.29, 0.717) is 32.4 Å². The Kier molecular flexibility index (Phi) is 4.65. The van der Waals surface area contributed by atoms with E-state index >= 15 is 0 Å². The number of aliphatic carboxylic acids is 1. The smallest absolute Gasteiger partial charge is 0.308 e. The van der Waals surface area contributed by atoms with Gasteiger partial charge in [-0.05, 0) is 38.7 Å². The number of nitrogens with zero attached hydrogens (tertiary/aromatic N) is 3. The lowest BCUT2D eigenvalue weighted by Gasteiger charge is -2.30. The third-order valence-electron chi connectivity index (χ3n) is 4.37. The molecule has 1 amide bonds. The number of amides is 1. The number of hydrogen-bond donors (Lipinski definition) is 1. The Morgan fingerprint density at radius 3 is 2.67 bits per heavy atom. The van der Waals surface area contributed by atoms with E-state index in [1.165, 1.54) is 0 Å².